The van der Waals surface area contributed by atoms with Crippen LogP contribution in [0.5, 0.6) is 5.75 Å². The van der Waals surface area contributed by atoms with Crippen LogP contribution in [0.2, 0.25) is 0 Å². The molecule has 1 fully saturated rings. The van der Waals surface area contributed by atoms with E-state index in [0.717, 1.165) is 23.6 Å². The molecule has 0 saturated carbocycles. The molecule has 0 spiro atoms. The van der Waals surface area contributed by atoms with Crippen LogP contribution in [0.1, 0.15) is 13.3 Å². The van der Waals surface area contributed by atoms with Crippen molar-refractivity contribution in [2.24, 2.45) is 7.05 Å². The largest absolute Gasteiger partial charge is 0.496 e. The number of amides is 1. The van der Waals surface area contributed by atoms with Gasteiger partial charge in [0.15, 0.2) is 11.0 Å². The number of methoxy groups -OCH3 is 1. The summed E-state index contributed by atoms with van der Waals surface area (Å²) in [4.78, 5) is 14.4. The number of carbonyl (C=O) groups excluding carboxylic acids is 1. The Labute approximate surface area is 157 Å². The topological polar surface area (TPSA) is 69.5 Å². The first-order valence-electron chi connectivity index (χ1n) is 8.69. The second-order valence-electron chi connectivity index (χ2n) is 6.09. The second-order valence-corrected chi connectivity index (χ2v) is 7.04. The van der Waals surface area contributed by atoms with Crippen molar-refractivity contribution in [1.82, 2.24) is 19.7 Å². The SMILES string of the molecule is CC[C@H]1CN(C(=O)CSc2nnc(-c3ccccc3OC)n2C)CCO1. The average molecular weight is 376 g/mol. The zero-order chi connectivity index (χ0) is 18.5. The molecular weight excluding hydrogens is 352 g/mol. The first kappa shape index (κ1) is 18.7. The Bertz CT molecular complexity index is 765. The van der Waals surface area contributed by atoms with Gasteiger partial charge in [-0.25, -0.2) is 0 Å². The highest BCUT2D eigenvalue weighted by atomic mass is 32.2. The minimum Gasteiger partial charge on any atom is -0.496 e. The van der Waals surface area contributed by atoms with Gasteiger partial charge in [-0.2, -0.15) is 0 Å². The van der Waals surface area contributed by atoms with E-state index < -0.39 is 0 Å². The predicted molar refractivity (Wildman–Crippen MR) is 100 cm³/mol. The molecule has 1 atom stereocenters. The fraction of sp³-hybridized carbons (Fsp3) is 0.500. The molecular formula is C18H24N4O3S. The van der Waals surface area contributed by atoms with Crippen LogP contribution in [0.25, 0.3) is 11.4 Å². The van der Waals surface area contributed by atoms with Crippen LogP contribution in [-0.4, -0.2) is 64.2 Å². The maximum atomic E-state index is 12.5. The van der Waals surface area contributed by atoms with E-state index in [-0.39, 0.29) is 12.0 Å². The van der Waals surface area contributed by atoms with Crippen LogP contribution in [0.15, 0.2) is 29.4 Å². The third-order valence-corrected chi connectivity index (χ3v) is 5.46. The van der Waals surface area contributed by atoms with Crippen molar-refractivity contribution >= 4 is 17.7 Å². The Kier molecular flexibility index (Phi) is 6.16. The molecule has 0 bridgehead atoms. The molecule has 8 heteroatoms. The van der Waals surface area contributed by atoms with Gasteiger partial charge in [0.2, 0.25) is 5.91 Å². The maximum absolute atomic E-state index is 12.5. The Morgan fingerprint density at radius 1 is 1.38 bits per heavy atom. The zero-order valence-corrected chi connectivity index (χ0v) is 16.2. The fourth-order valence-corrected chi connectivity index (χ4v) is 3.73. The second kappa shape index (κ2) is 8.55. The smallest absolute Gasteiger partial charge is 0.233 e. The lowest BCUT2D eigenvalue weighted by Gasteiger charge is -2.32. The molecule has 1 aliphatic heterocycles. The predicted octanol–water partition coefficient (Wildman–Crippen LogP) is 2.22. The molecule has 3 rings (SSSR count). The molecule has 1 saturated heterocycles. The molecule has 1 aromatic heterocycles. The molecule has 1 aliphatic rings. The lowest BCUT2D eigenvalue weighted by Crippen LogP contribution is -2.46. The number of rotatable bonds is 6. The number of carbonyl (C=O) groups is 1. The van der Waals surface area contributed by atoms with Crippen molar-refractivity contribution in [3.05, 3.63) is 24.3 Å². The van der Waals surface area contributed by atoms with E-state index in [1.807, 2.05) is 40.8 Å². The normalized spacial score (nSPS) is 17.3. The Morgan fingerprint density at radius 2 is 2.19 bits per heavy atom. The van der Waals surface area contributed by atoms with Gasteiger partial charge in [-0.15, -0.1) is 10.2 Å². The average Bonchev–Trinajstić information content (AvgIpc) is 3.06. The number of morpholine rings is 1. The molecule has 0 aliphatic carbocycles. The number of para-hydroxylation sites is 1. The van der Waals surface area contributed by atoms with E-state index >= 15 is 0 Å². The Hall–Kier alpha value is -2.06. The number of hydrogen-bond donors (Lipinski definition) is 0. The fourth-order valence-electron chi connectivity index (χ4n) is 2.91. The van der Waals surface area contributed by atoms with Crippen molar-refractivity contribution in [3.8, 4) is 17.1 Å². The van der Waals surface area contributed by atoms with Gasteiger partial charge in [-0.05, 0) is 18.6 Å². The van der Waals surface area contributed by atoms with Crippen molar-refractivity contribution in [1.29, 1.82) is 0 Å². The molecule has 0 unspecified atom stereocenters. The number of nitrogens with zero attached hydrogens (tertiary/aromatic N) is 4. The van der Waals surface area contributed by atoms with Crippen LogP contribution in [-0.2, 0) is 16.6 Å². The van der Waals surface area contributed by atoms with Gasteiger partial charge in [-0.3, -0.25) is 4.79 Å². The van der Waals surface area contributed by atoms with Gasteiger partial charge in [0.25, 0.3) is 0 Å². The number of aromatic nitrogens is 3. The van der Waals surface area contributed by atoms with Gasteiger partial charge in [0.05, 0.1) is 31.1 Å². The monoisotopic (exact) mass is 376 g/mol. The minimum atomic E-state index is 0.110. The Balaban J connectivity index is 1.66. The lowest BCUT2D eigenvalue weighted by atomic mass is 10.2. The zero-order valence-electron chi connectivity index (χ0n) is 15.3. The number of benzene rings is 1. The van der Waals surface area contributed by atoms with Crippen LogP contribution in [0, 0.1) is 0 Å². The van der Waals surface area contributed by atoms with Gasteiger partial charge in [0, 0.05) is 20.1 Å². The molecule has 1 aromatic carbocycles. The van der Waals surface area contributed by atoms with E-state index in [1.54, 1.807) is 7.11 Å². The molecule has 0 radical (unpaired) electrons. The summed E-state index contributed by atoms with van der Waals surface area (Å²) in [5.74, 6) is 1.91. The molecule has 2 heterocycles. The number of thioether (sulfide) groups is 1. The van der Waals surface area contributed by atoms with Crippen molar-refractivity contribution < 1.29 is 14.3 Å². The van der Waals surface area contributed by atoms with E-state index in [2.05, 4.69) is 17.1 Å². The highest BCUT2D eigenvalue weighted by Crippen LogP contribution is 2.30. The van der Waals surface area contributed by atoms with E-state index in [4.69, 9.17) is 9.47 Å². The van der Waals surface area contributed by atoms with Crippen LogP contribution < -0.4 is 4.74 Å². The molecule has 0 N–H and O–H groups in total. The van der Waals surface area contributed by atoms with Crippen molar-refractivity contribution in [2.45, 2.75) is 24.6 Å². The number of ether oxygens (including phenoxy) is 2. The standard InChI is InChI=1S/C18H24N4O3S/c1-4-13-11-22(9-10-25-13)16(23)12-26-18-20-19-17(21(18)2)14-7-5-6-8-15(14)24-3/h5-8,13H,4,9-12H2,1-3H3/t13-/m0/s1. The van der Waals surface area contributed by atoms with Crippen molar-refractivity contribution in [3.63, 3.8) is 0 Å². The Morgan fingerprint density at radius 3 is 2.96 bits per heavy atom. The third kappa shape index (κ3) is 4.02. The third-order valence-electron chi connectivity index (χ3n) is 4.45. The molecule has 7 nitrogen and oxygen atoms in total. The summed E-state index contributed by atoms with van der Waals surface area (Å²) in [6.45, 7) is 4.01. The first-order chi connectivity index (χ1) is 12.6. The molecule has 2 aromatic rings. The summed E-state index contributed by atoms with van der Waals surface area (Å²) >= 11 is 1.40. The highest BCUT2D eigenvalue weighted by Gasteiger charge is 2.24. The summed E-state index contributed by atoms with van der Waals surface area (Å²) in [6.07, 6.45) is 1.06. The number of hydrogen-bond acceptors (Lipinski definition) is 6. The summed E-state index contributed by atoms with van der Waals surface area (Å²) < 4.78 is 12.9. The van der Waals surface area contributed by atoms with Crippen molar-refractivity contribution in [2.75, 3.05) is 32.6 Å². The quantitative estimate of drug-likeness (QED) is 0.720. The van der Waals surface area contributed by atoms with Gasteiger partial charge in [0.1, 0.15) is 5.75 Å². The van der Waals surface area contributed by atoms with Gasteiger partial charge < -0.3 is 18.9 Å². The summed E-state index contributed by atoms with van der Waals surface area (Å²) in [7, 11) is 3.53. The molecule has 26 heavy (non-hydrogen) atoms. The van der Waals surface area contributed by atoms with Crippen LogP contribution >= 0.6 is 11.8 Å². The summed E-state index contributed by atoms with van der Waals surface area (Å²) in [5, 5.41) is 9.23. The summed E-state index contributed by atoms with van der Waals surface area (Å²) in [6, 6.07) is 7.69. The van der Waals surface area contributed by atoms with Gasteiger partial charge in [-0.1, -0.05) is 30.8 Å². The minimum absolute atomic E-state index is 0.110. The lowest BCUT2D eigenvalue weighted by molar-refractivity contribution is -0.135. The van der Waals surface area contributed by atoms with Crippen LogP contribution in [0.3, 0.4) is 0 Å². The summed E-state index contributed by atoms with van der Waals surface area (Å²) in [5.41, 5.74) is 0.877. The van der Waals surface area contributed by atoms with E-state index in [0.29, 0.717) is 30.6 Å². The van der Waals surface area contributed by atoms with Gasteiger partial charge >= 0.3 is 0 Å². The van der Waals surface area contributed by atoms with Crippen LogP contribution in [0.4, 0.5) is 0 Å². The first-order valence-corrected chi connectivity index (χ1v) is 9.67. The van der Waals surface area contributed by atoms with E-state index in [9.17, 15) is 4.79 Å². The maximum Gasteiger partial charge on any atom is 0.233 e. The molecule has 140 valence electrons. The highest BCUT2D eigenvalue weighted by molar-refractivity contribution is 7.99. The molecule has 1 amide bonds. The van der Waals surface area contributed by atoms with E-state index in [1.165, 1.54) is 11.8 Å².